The topological polar surface area (TPSA) is 92.9 Å². The van der Waals surface area contributed by atoms with Crippen molar-refractivity contribution in [2.24, 2.45) is 0 Å². The first-order chi connectivity index (χ1) is 16.0. The summed E-state index contributed by atoms with van der Waals surface area (Å²) in [5, 5.41) is 11.8. The van der Waals surface area contributed by atoms with Crippen molar-refractivity contribution in [3.05, 3.63) is 101 Å². The van der Waals surface area contributed by atoms with Gasteiger partial charge in [-0.1, -0.05) is 35.9 Å². The summed E-state index contributed by atoms with van der Waals surface area (Å²) in [6, 6.07) is 17.8. The molecule has 5 rings (SSSR count). The lowest BCUT2D eigenvalue weighted by Crippen LogP contribution is -2.31. The molecule has 33 heavy (non-hydrogen) atoms. The minimum absolute atomic E-state index is 0.0595. The molecule has 0 fully saturated rings. The first kappa shape index (κ1) is 20.8. The van der Waals surface area contributed by atoms with E-state index in [0.717, 1.165) is 0 Å². The van der Waals surface area contributed by atoms with Crippen molar-refractivity contribution in [2.45, 2.75) is 6.04 Å². The average molecular weight is 461 g/mol. The number of nitrogens with zero attached hydrogens (tertiary/aromatic N) is 2. The lowest BCUT2D eigenvalue weighted by atomic mass is 9.98. The molecule has 1 aliphatic heterocycles. The second-order valence-corrected chi connectivity index (χ2v) is 7.83. The standard InChI is InChI=1S/C25H17ClN2O5/c1-32-19-13-15(26)11-14-12-18(33-24(14)19)22(29)20-21(17-9-5-6-10-27-17)28(25(31)23(20)30)16-7-3-2-4-8-16/h2-13,21,30H,1H3. The summed E-state index contributed by atoms with van der Waals surface area (Å²) in [5.41, 5.74) is 1.17. The molecular weight excluding hydrogens is 444 g/mol. The molecule has 0 bridgehead atoms. The Bertz CT molecular complexity index is 1410. The van der Waals surface area contributed by atoms with Gasteiger partial charge in [-0.3, -0.25) is 19.5 Å². The lowest BCUT2D eigenvalue weighted by Gasteiger charge is -2.25. The van der Waals surface area contributed by atoms with Gasteiger partial charge in [0.05, 0.1) is 18.4 Å². The van der Waals surface area contributed by atoms with Gasteiger partial charge in [0.1, 0.15) is 6.04 Å². The van der Waals surface area contributed by atoms with Crippen LogP contribution in [0.1, 0.15) is 22.3 Å². The number of fused-ring (bicyclic) bond motifs is 1. The third kappa shape index (κ3) is 3.43. The molecule has 1 N–H and O–H groups in total. The number of anilines is 1. The van der Waals surface area contributed by atoms with Crippen LogP contribution in [-0.4, -0.2) is 28.9 Å². The SMILES string of the molecule is COc1cc(Cl)cc2cc(C(=O)C3=C(O)C(=O)N(c4ccccc4)C3c3ccccn3)oc12. The third-order valence-electron chi connectivity index (χ3n) is 5.45. The molecule has 8 heteroatoms. The second-order valence-electron chi connectivity index (χ2n) is 7.40. The number of furan rings is 1. The van der Waals surface area contributed by atoms with Crippen molar-refractivity contribution >= 4 is 39.9 Å². The number of rotatable bonds is 5. The highest BCUT2D eigenvalue weighted by molar-refractivity contribution is 6.31. The van der Waals surface area contributed by atoms with Crippen molar-refractivity contribution in [1.82, 2.24) is 4.98 Å². The first-order valence-electron chi connectivity index (χ1n) is 10.0. The van der Waals surface area contributed by atoms with Crippen LogP contribution in [0.15, 0.2) is 88.7 Å². The summed E-state index contributed by atoms with van der Waals surface area (Å²) >= 11 is 6.14. The Balaban J connectivity index is 1.66. The maximum absolute atomic E-state index is 13.6. The highest BCUT2D eigenvalue weighted by Crippen LogP contribution is 2.42. The Morgan fingerprint density at radius 2 is 1.88 bits per heavy atom. The Morgan fingerprint density at radius 1 is 1.12 bits per heavy atom. The number of para-hydroxylation sites is 1. The number of hydrogen-bond acceptors (Lipinski definition) is 6. The second kappa shape index (κ2) is 8.11. The quantitative estimate of drug-likeness (QED) is 0.408. The van der Waals surface area contributed by atoms with Crippen molar-refractivity contribution in [2.75, 3.05) is 12.0 Å². The summed E-state index contributed by atoms with van der Waals surface area (Å²) < 4.78 is 11.1. The molecule has 1 atom stereocenters. The number of Topliss-reactive ketones (excluding diaryl/α,β-unsaturated/α-hetero) is 1. The fourth-order valence-electron chi connectivity index (χ4n) is 3.99. The van der Waals surface area contributed by atoms with E-state index in [1.54, 1.807) is 60.8 Å². The lowest BCUT2D eigenvalue weighted by molar-refractivity contribution is -0.117. The van der Waals surface area contributed by atoms with Crippen LogP contribution in [-0.2, 0) is 4.79 Å². The summed E-state index contributed by atoms with van der Waals surface area (Å²) in [6.07, 6.45) is 1.56. The van der Waals surface area contributed by atoms with E-state index in [9.17, 15) is 14.7 Å². The van der Waals surface area contributed by atoms with Crippen LogP contribution in [0.4, 0.5) is 5.69 Å². The number of carbonyl (C=O) groups is 2. The number of methoxy groups -OCH3 is 1. The Morgan fingerprint density at radius 3 is 2.58 bits per heavy atom. The minimum Gasteiger partial charge on any atom is -0.503 e. The van der Waals surface area contributed by atoms with Crippen LogP contribution in [0.25, 0.3) is 11.0 Å². The Labute approximate surface area is 193 Å². The molecule has 7 nitrogen and oxygen atoms in total. The van der Waals surface area contributed by atoms with Gasteiger partial charge in [0.15, 0.2) is 22.9 Å². The van der Waals surface area contributed by atoms with E-state index in [2.05, 4.69) is 4.98 Å². The number of benzene rings is 2. The zero-order valence-corrected chi connectivity index (χ0v) is 18.1. The third-order valence-corrected chi connectivity index (χ3v) is 5.66. The van der Waals surface area contributed by atoms with Crippen LogP contribution in [0.5, 0.6) is 5.75 Å². The van der Waals surface area contributed by atoms with Crippen molar-refractivity contribution in [1.29, 1.82) is 0 Å². The number of ketones is 1. The molecule has 2 aromatic heterocycles. The summed E-state index contributed by atoms with van der Waals surface area (Å²) in [5.74, 6) is -1.67. The number of ether oxygens (including phenoxy) is 1. The minimum atomic E-state index is -0.938. The van der Waals surface area contributed by atoms with Gasteiger partial charge in [-0.25, -0.2) is 0 Å². The number of aliphatic hydroxyl groups excluding tert-OH is 1. The molecule has 1 unspecified atom stereocenters. The van der Waals surface area contributed by atoms with E-state index >= 15 is 0 Å². The highest BCUT2D eigenvalue weighted by atomic mass is 35.5. The molecule has 3 heterocycles. The average Bonchev–Trinajstić information content (AvgIpc) is 3.38. The normalized spacial score (nSPS) is 16.0. The smallest absolute Gasteiger partial charge is 0.294 e. The molecule has 0 saturated carbocycles. The van der Waals surface area contributed by atoms with Gasteiger partial charge in [-0.15, -0.1) is 0 Å². The van der Waals surface area contributed by atoms with Crippen LogP contribution in [0.3, 0.4) is 0 Å². The molecule has 0 spiro atoms. The molecule has 1 amide bonds. The van der Waals surface area contributed by atoms with Crippen molar-refractivity contribution in [3.8, 4) is 5.75 Å². The molecule has 0 saturated heterocycles. The van der Waals surface area contributed by atoms with E-state index in [-0.39, 0.29) is 11.3 Å². The van der Waals surface area contributed by atoms with Crippen LogP contribution < -0.4 is 9.64 Å². The molecule has 2 aromatic carbocycles. The summed E-state index contributed by atoms with van der Waals surface area (Å²) in [7, 11) is 1.47. The molecule has 0 aliphatic carbocycles. The van der Waals surface area contributed by atoms with Gasteiger partial charge >= 0.3 is 0 Å². The van der Waals surface area contributed by atoms with E-state index in [1.165, 1.54) is 18.1 Å². The number of hydrogen-bond donors (Lipinski definition) is 1. The molecule has 4 aromatic rings. The fourth-order valence-corrected chi connectivity index (χ4v) is 4.21. The zero-order valence-electron chi connectivity index (χ0n) is 17.4. The fraction of sp³-hybridized carbons (Fsp3) is 0.0800. The van der Waals surface area contributed by atoms with Crippen molar-refractivity contribution in [3.63, 3.8) is 0 Å². The largest absolute Gasteiger partial charge is 0.503 e. The number of amides is 1. The Hall–Kier alpha value is -4.10. The molecular formula is C25H17ClN2O5. The molecule has 0 radical (unpaired) electrons. The van der Waals surface area contributed by atoms with Gasteiger partial charge < -0.3 is 14.3 Å². The van der Waals surface area contributed by atoms with Gasteiger partial charge in [-0.2, -0.15) is 0 Å². The predicted octanol–water partition coefficient (Wildman–Crippen LogP) is 5.27. The van der Waals surface area contributed by atoms with E-state index in [0.29, 0.717) is 33.1 Å². The van der Waals surface area contributed by atoms with Crippen LogP contribution in [0, 0.1) is 0 Å². The van der Waals surface area contributed by atoms with Crippen LogP contribution in [0.2, 0.25) is 5.02 Å². The van der Waals surface area contributed by atoms with Gasteiger partial charge in [0.25, 0.3) is 5.91 Å². The predicted molar refractivity (Wildman–Crippen MR) is 123 cm³/mol. The number of aliphatic hydroxyl groups is 1. The Kier molecular flexibility index (Phi) is 5.11. The van der Waals surface area contributed by atoms with E-state index < -0.39 is 23.5 Å². The maximum atomic E-state index is 13.6. The van der Waals surface area contributed by atoms with Crippen LogP contribution >= 0.6 is 11.6 Å². The summed E-state index contributed by atoms with van der Waals surface area (Å²) in [4.78, 5) is 32.5. The van der Waals surface area contributed by atoms with Gasteiger partial charge in [0.2, 0.25) is 5.78 Å². The zero-order chi connectivity index (χ0) is 23.1. The van der Waals surface area contributed by atoms with E-state index in [1.807, 2.05) is 6.07 Å². The molecule has 1 aliphatic rings. The van der Waals surface area contributed by atoms with Gasteiger partial charge in [-0.05, 0) is 36.4 Å². The highest BCUT2D eigenvalue weighted by Gasteiger charge is 2.46. The first-order valence-corrected chi connectivity index (χ1v) is 10.4. The number of carbonyl (C=O) groups excluding carboxylic acids is 2. The summed E-state index contributed by atoms with van der Waals surface area (Å²) in [6.45, 7) is 0. The number of pyridine rings is 1. The number of aromatic nitrogens is 1. The number of halogens is 1. The maximum Gasteiger partial charge on any atom is 0.294 e. The molecule has 164 valence electrons. The van der Waals surface area contributed by atoms with Crippen molar-refractivity contribution < 1.29 is 23.8 Å². The van der Waals surface area contributed by atoms with Gasteiger partial charge in [0, 0.05) is 28.4 Å². The van der Waals surface area contributed by atoms with E-state index in [4.69, 9.17) is 20.8 Å². The monoisotopic (exact) mass is 460 g/mol.